The summed E-state index contributed by atoms with van der Waals surface area (Å²) in [4.78, 5) is 17.8. The van der Waals surface area contributed by atoms with Gasteiger partial charge in [0.15, 0.2) is 0 Å². The van der Waals surface area contributed by atoms with Crippen LogP contribution in [0.25, 0.3) is 11.3 Å². The van der Waals surface area contributed by atoms with E-state index in [0.717, 1.165) is 18.7 Å². The van der Waals surface area contributed by atoms with Gasteiger partial charge in [-0.25, -0.2) is 0 Å². The van der Waals surface area contributed by atoms with Crippen molar-refractivity contribution in [2.24, 2.45) is 0 Å². The van der Waals surface area contributed by atoms with Crippen LogP contribution >= 0.6 is 11.5 Å². The summed E-state index contributed by atoms with van der Waals surface area (Å²) in [5.41, 5.74) is 2.82. The average molecular weight is 350 g/mol. The van der Waals surface area contributed by atoms with E-state index in [0.29, 0.717) is 23.7 Å². The zero-order chi connectivity index (χ0) is 17.1. The number of aromatic nitrogens is 2. The fourth-order valence-electron chi connectivity index (χ4n) is 3.07. The Morgan fingerprint density at radius 3 is 2.20 bits per heavy atom. The highest BCUT2D eigenvalue weighted by Gasteiger charge is 2.26. The Labute approximate surface area is 150 Å². The molecule has 0 spiro atoms. The van der Waals surface area contributed by atoms with Crippen molar-refractivity contribution in [1.29, 1.82) is 0 Å². The quantitative estimate of drug-likeness (QED) is 0.728. The molecule has 4 rings (SSSR count). The van der Waals surface area contributed by atoms with Gasteiger partial charge >= 0.3 is 0 Å². The third-order valence-electron chi connectivity index (χ3n) is 4.42. The van der Waals surface area contributed by atoms with E-state index in [1.807, 2.05) is 53.4 Å². The smallest absolute Gasteiger partial charge is 0.268 e. The minimum Gasteiger partial charge on any atom is -0.368 e. The molecular weight excluding hydrogens is 332 g/mol. The molecule has 0 saturated carbocycles. The Kier molecular flexibility index (Phi) is 4.43. The average Bonchev–Trinajstić information content (AvgIpc) is 3.19. The molecule has 0 aliphatic carbocycles. The summed E-state index contributed by atoms with van der Waals surface area (Å²) in [6, 6.07) is 20.1. The van der Waals surface area contributed by atoms with Crippen molar-refractivity contribution in [3.8, 4) is 11.3 Å². The monoisotopic (exact) mass is 350 g/mol. The summed E-state index contributed by atoms with van der Waals surface area (Å²) in [6.07, 6.45) is 0. The van der Waals surface area contributed by atoms with E-state index >= 15 is 0 Å². The van der Waals surface area contributed by atoms with Gasteiger partial charge in [0.05, 0.1) is 0 Å². The third-order valence-corrected chi connectivity index (χ3v) is 5.13. The number of hydrogen-bond donors (Lipinski definition) is 0. The van der Waals surface area contributed by atoms with Crippen LogP contribution in [0.2, 0.25) is 0 Å². The molecule has 0 bridgehead atoms. The molecule has 5 nitrogen and oxygen atoms in total. The molecule has 25 heavy (non-hydrogen) atoms. The lowest BCUT2D eigenvalue weighted by Gasteiger charge is -2.36. The molecule has 0 atom stereocenters. The van der Waals surface area contributed by atoms with Gasteiger partial charge in [0.1, 0.15) is 10.6 Å². The van der Waals surface area contributed by atoms with Crippen molar-refractivity contribution in [3.63, 3.8) is 0 Å². The summed E-state index contributed by atoms with van der Waals surface area (Å²) in [6.45, 7) is 3.09. The van der Waals surface area contributed by atoms with Crippen molar-refractivity contribution >= 4 is 23.1 Å². The Morgan fingerprint density at radius 1 is 0.880 bits per heavy atom. The van der Waals surface area contributed by atoms with Gasteiger partial charge in [-0.15, -0.1) is 5.10 Å². The van der Waals surface area contributed by atoms with E-state index in [1.54, 1.807) is 0 Å². The van der Waals surface area contributed by atoms with Gasteiger partial charge in [0.2, 0.25) is 0 Å². The van der Waals surface area contributed by atoms with Gasteiger partial charge in [-0.05, 0) is 23.7 Å². The minimum absolute atomic E-state index is 0.0292. The number of nitrogens with zero attached hydrogens (tertiary/aromatic N) is 4. The number of amides is 1. The standard InChI is InChI=1S/C19H18N4OS/c24-19(18-17(20-21-25-18)15-7-3-1-4-8-15)23-13-11-22(12-14-23)16-9-5-2-6-10-16/h1-10H,11-14H2. The molecule has 0 unspecified atom stereocenters. The Hall–Kier alpha value is -2.73. The molecular formula is C19H18N4OS. The maximum Gasteiger partial charge on any atom is 0.268 e. The highest BCUT2D eigenvalue weighted by molar-refractivity contribution is 7.08. The normalized spacial score (nSPS) is 14.6. The molecule has 0 radical (unpaired) electrons. The first-order valence-corrected chi connectivity index (χ1v) is 9.07. The van der Waals surface area contributed by atoms with Crippen molar-refractivity contribution < 1.29 is 4.79 Å². The van der Waals surface area contributed by atoms with Crippen LogP contribution in [-0.4, -0.2) is 46.6 Å². The number of carbonyl (C=O) groups excluding carboxylic acids is 1. The maximum absolute atomic E-state index is 12.9. The summed E-state index contributed by atoms with van der Waals surface area (Å²) >= 11 is 1.18. The first-order valence-electron chi connectivity index (χ1n) is 8.30. The van der Waals surface area contributed by atoms with Crippen LogP contribution in [-0.2, 0) is 0 Å². The van der Waals surface area contributed by atoms with Crippen LogP contribution in [0.5, 0.6) is 0 Å². The van der Waals surface area contributed by atoms with Crippen LogP contribution in [0, 0.1) is 0 Å². The van der Waals surface area contributed by atoms with E-state index in [1.165, 1.54) is 17.2 Å². The summed E-state index contributed by atoms with van der Waals surface area (Å²) in [7, 11) is 0. The van der Waals surface area contributed by atoms with Crippen LogP contribution in [0.1, 0.15) is 9.67 Å². The molecule has 2 aromatic carbocycles. The molecule has 1 aliphatic rings. The predicted octanol–water partition coefficient (Wildman–Crippen LogP) is 3.17. The van der Waals surface area contributed by atoms with E-state index in [9.17, 15) is 4.79 Å². The van der Waals surface area contributed by atoms with Gasteiger partial charge < -0.3 is 9.80 Å². The number of piperazine rings is 1. The zero-order valence-corrected chi connectivity index (χ0v) is 14.5. The lowest BCUT2D eigenvalue weighted by molar-refractivity contribution is 0.0752. The van der Waals surface area contributed by atoms with Crippen molar-refractivity contribution in [2.45, 2.75) is 0 Å². The number of carbonyl (C=O) groups is 1. The SMILES string of the molecule is O=C(c1snnc1-c1ccccc1)N1CCN(c2ccccc2)CC1. The second-order valence-electron chi connectivity index (χ2n) is 5.93. The molecule has 0 N–H and O–H groups in total. The Morgan fingerprint density at radius 2 is 1.52 bits per heavy atom. The first kappa shape index (κ1) is 15.8. The number of hydrogen-bond acceptors (Lipinski definition) is 5. The molecule has 2 heterocycles. The van der Waals surface area contributed by atoms with Gasteiger partial charge in [-0.3, -0.25) is 4.79 Å². The predicted molar refractivity (Wildman–Crippen MR) is 99.9 cm³/mol. The minimum atomic E-state index is 0.0292. The van der Waals surface area contributed by atoms with Crippen molar-refractivity contribution in [1.82, 2.24) is 14.5 Å². The van der Waals surface area contributed by atoms with Crippen LogP contribution in [0.15, 0.2) is 60.7 Å². The molecule has 1 saturated heterocycles. The number of benzene rings is 2. The number of anilines is 1. The highest BCUT2D eigenvalue weighted by Crippen LogP contribution is 2.25. The van der Waals surface area contributed by atoms with Gasteiger partial charge in [0.25, 0.3) is 5.91 Å². The largest absolute Gasteiger partial charge is 0.368 e. The number of rotatable bonds is 3. The van der Waals surface area contributed by atoms with Crippen molar-refractivity contribution in [3.05, 3.63) is 65.5 Å². The second kappa shape index (κ2) is 7.03. The van der Waals surface area contributed by atoms with Crippen LogP contribution in [0.4, 0.5) is 5.69 Å². The topological polar surface area (TPSA) is 49.3 Å². The second-order valence-corrected chi connectivity index (χ2v) is 6.69. The van der Waals surface area contributed by atoms with E-state index < -0.39 is 0 Å². The fraction of sp³-hybridized carbons (Fsp3) is 0.211. The number of para-hydroxylation sites is 1. The molecule has 6 heteroatoms. The van der Waals surface area contributed by atoms with Gasteiger partial charge in [-0.2, -0.15) is 0 Å². The zero-order valence-electron chi connectivity index (χ0n) is 13.7. The third kappa shape index (κ3) is 3.25. The molecule has 1 amide bonds. The molecule has 1 aromatic heterocycles. The van der Waals surface area contributed by atoms with E-state index in [2.05, 4.69) is 26.6 Å². The Balaban J connectivity index is 1.48. The lowest BCUT2D eigenvalue weighted by Crippen LogP contribution is -2.48. The summed E-state index contributed by atoms with van der Waals surface area (Å²) in [5, 5.41) is 4.18. The van der Waals surface area contributed by atoms with Crippen molar-refractivity contribution in [2.75, 3.05) is 31.1 Å². The summed E-state index contributed by atoms with van der Waals surface area (Å²) in [5.74, 6) is 0.0292. The maximum atomic E-state index is 12.9. The molecule has 1 fully saturated rings. The van der Waals surface area contributed by atoms with Gasteiger partial charge in [-0.1, -0.05) is 53.0 Å². The van der Waals surface area contributed by atoms with Crippen LogP contribution < -0.4 is 4.90 Å². The molecule has 1 aliphatic heterocycles. The van der Waals surface area contributed by atoms with Gasteiger partial charge in [0, 0.05) is 37.4 Å². The Bertz CT molecular complexity index is 842. The van der Waals surface area contributed by atoms with E-state index in [-0.39, 0.29) is 5.91 Å². The van der Waals surface area contributed by atoms with E-state index in [4.69, 9.17) is 0 Å². The molecule has 126 valence electrons. The first-order chi connectivity index (χ1) is 12.3. The van der Waals surface area contributed by atoms with Crippen LogP contribution in [0.3, 0.4) is 0 Å². The molecule has 3 aromatic rings. The lowest BCUT2D eigenvalue weighted by atomic mass is 10.1. The summed E-state index contributed by atoms with van der Waals surface area (Å²) < 4.78 is 4.01. The fourth-order valence-corrected chi connectivity index (χ4v) is 3.72. The highest BCUT2D eigenvalue weighted by atomic mass is 32.1.